The third-order valence-corrected chi connectivity index (χ3v) is 3.40. The largest absolute Gasteiger partial charge is 0.490 e. The lowest BCUT2D eigenvalue weighted by molar-refractivity contribution is -0.111. The molecule has 1 amide bonds. The lowest BCUT2D eigenvalue weighted by Gasteiger charge is -2.11. The van der Waals surface area contributed by atoms with E-state index in [0.29, 0.717) is 24.7 Å². The number of nitrogens with one attached hydrogen (secondary N) is 1. The second kappa shape index (κ2) is 8.77. The Morgan fingerprint density at radius 2 is 1.75 bits per heavy atom. The van der Waals surface area contributed by atoms with Crippen LogP contribution in [-0.2, 0) is 4.79 Å². The first kappa shape index (κ1) is 17.6. The number of amides is 1. The molecule has 4 heteroatoms. The molecule has 0 aliphatic rings. The van der Waals surface area contributed by atoms with Gasteiger partial charge < -0.3 is 14.8 Å². The van der Waals surface area contributed by atoms with Gasteiger partial charge in [-0.05, 0) is 56.2 Å². The molecule has 1 N–H and O–H groups in total. The zero-order valence-electron chi connectivity index (χ0n) is 14.3. The van der Waals surface area contributed by atoms with E-state index in [-0.39, 0.29) is 5.91 Å². The SMILES string of the molecule is CCOc1ccc(C=CC(=O)Nc2ccccc2C)cc1OCC. The van der Waals surface area contributed by atoms with Crippen molar-refractivity contribution in [3.05, 3.63) is 59.7 Å². The summed E-state index contributed by atoms with van der Waals surface area (Å²) in [6.45, 7) is 6.95. The first-order valence-corrected chi connectivity index (χ1v) is 8.08. The molecule has 24 heavy (non-hydrogen) atoms. The molecule has 0 radical (unpaired) electrons. The normalized spacial score (nSPS) is 10.6. The Bertz CT molecular complexity index is 723. The molecule has 0 saturated heterocycles. The highest BCUT2D eigenvalue weighted by Gasteiger charge is 2.05. The summed E-state index contributed by atoms with van der Waals surface area (Å²) >= 11 is 0. The summed E-state index contributed by atoms with van der Waals surface area (Å²) in [4.78, 5) is 12.1. The van der Waals surface area contributed by atoms with Crippen LogP contribution in [0.5, 0.6) is 11.5 Å². The molecule has 0 fully saturated rings. The molecule has 0 heterocycles. The quantitative estimate of drug-likeness (QED) is 0.765. The third-order valence-electron chi connectivity index (χ3n) is 3.40. The summed E-state index contributed by atoms with van der Waals surface area (Å²) in [5.41, 5.74) is 2.72. The van der Waals surface area contributed by atoms with Gasteiger partial charge in [0.05, 0.1) is 13.2 Å². The number of para-hydroxylation sites is 1. The van der Waals surface area contributed by atoms with Crippen molar-refractivity contribution in [2.45, 2.75) is 20.8 Å². The maximum atomic E-state index is 12.1. The number of hydrogen-bond acceptors (Lipinski definition) is 3. The van der Waals surface area contributed by atoms with Gasteiger partial charge in [0.1, 0.15) is 0 Å². The Balaban J connectivity index is 2.09. The van der Waals surface area contributed by atoms with Gasteiger partial charge in [-0.2, -0.15) is 0 Å². The van der Waals surface area contributed by atoms with E-state index in [0.717, 1.165) is 16.8 Å². The smallest absolute Gasteiger partial charge is 0.248 e. The number of benzene rings is 2. The van der Waals surface area contributed by atoms with Gasteiger partial charge >= 0.3 is 0 Å². The van der Waals surface area contributed by atoms with E-state index in [9.17, 15) is 4.79 Å². The second-order valence-electron chi connectivity index (χ2n) is 5.21. The van der Waals surface area contributed by atoms with Gasteiger partial charge in [-0.25, -0.2) is 0 Å². The molecule has 0 atom stereocenters. The summed E-state index contributed by atoms with van der Waals surface area (Å²) in [5.74, 6) is 1.22. The lowest BCUT2D eigenvalue weighted by Crippen LogP contribution is -2.08. The van der Waals surface area contributed by atoms with E-state index in [1.807, 2.05) is 63.2 Å². The van der Waals surface area contributed by atoms with Crippen molar-refractivity contribution in [2.75, 3.05) is 18.5 Å². The van der Waals surface area contributed by atoms with Crippen LogP contribution in [0.4, 0.5) is 5.69 Å². The molecule has 2 rings (SSSR count). The van der Waals surface area contributed by atoms with Gasteiger partial charge in [0.25, 0.3) is 0 Å². The molecular formula is C20H23NO3. The highest BCUT2D eigenvalue weighted by atomic mass is 16.5. The molecule has 2 aromatic carbocycles. The van der Waals surface area contributed by atoms with Crippen molar-refractivity contribution in [3.8, 4) is 11.5 Å². The van der Waals surface area contributed by atoms with Crippen molar-refractivity contribution >= 4 is 17.7 Å². The van der Waals surface area contributed by atoms with Crippen LogP contribution in [0.1, 0.15) is 25.0 Å². The van der Waals surface area contributed by atoms with E-state index in [1.54, 1.807) is 6.08 Å². The van der Waals surface area contributed by atoms with Gasteiger partial charge in [-0.15, -0.1) is 0 Å². The minimum Gasteiger partial charge on any atom is -0.490 e. The number of rotatable bonds is 7. The number of hydrogen-bond donors (Lipinski definition) is 1. The van der Waals surface area contributed by atoms with Gasteiger partial charge in [0, 0.05) is 11.8 Å². The van der Waals surface area contributed by atoms with Gasteiger partial charge in [0.15, 0.2) is 11.5 Å². The maximum Gasteiger partial charge on any atom is 0.248 e. The fraction of sp³-hybridized carbons (Fsp3) is 0.250. The van der Waals surface area contributed by atoms with Gasteiger partial charge in [0.2, 0.25) is 5.91 Å². The Labute approximate surface area is 143 Å². The van der Waals surface area contributed by atoms with Crippen molar-refractivity contribution in [2.24, 2.45) is 0 Å². The Morgan fingerprint density at radius 1 is 1.04 bits per heavy atom. The Hall–Kier alpha value is -2.75. The molecule has 0 saturated carbocycles. The topological polar surface area (TPSA) is 47.6 Å². The number of carbonyl (C=O) groups excluding carboxylic acids is 1. The minimum atomic E-state index is -0.170. The van der Waals surface area contributed by atoms with E-state index in [4.69, 9.17) is 9.47 Å². The molecule has 0 unspecified atom stereocenters. The second-order valence-corrected chi connectivity index (χ2v) is 5.21. The van der Waals surface area contributed by atoms with Crippen LogP contribution in [-0.4, -0.2) is 19.1 Å². The zero-order valence-corrected chi connectivity index (χ0v) is 14.3. The number of anilines is 1. The third kappa shape index (κ3) is 4.88. The van der Waals surface area contributed by atoms with Gasteiger partial charge in [-0.3, -0.25) is 4.79 Å². The summed E-state index contributed by atoms with van der Waals surface area (Å²) in [6.07, 6.45) is 3.27. The van der Waals surface area contributed by atoms with E-state index >= 15 is 0 Å². The summed E-state index contributed by atoms with van der Waals surface area (Å²) in [7, 11) is 0. The Morgan fingerprint density at radius 3 is 2.46 bits per heavy atom. The molecule has 126 valence electrons. The van der Waals surface area contributed by atoms with E-state index in [2.05, 4.69) is 5.32 Å². The average Bonchev–Trinajstić information content (AvgIpc) is 2.57. The predicted molar refractivity (Wildman–Crippen MR) is 97.6 cm³/mol. The summed E-state index contributed by atoms with van der Waals surface area (Å²) in [6, 6.07) is 13.3. The van der Waals surface area contributed by atoms with Crippen molar-refractivity contribution in [1.29, 1.82) is 0 Å². The first-order chi connectivity index (χ1) is 11.6. The van der Waals surface area contributed by atoms with Crippen LogP contribution in [0.3, 0.4) is 0 Å². The number of ether oxygens (including phenoxy) is 2. The standard InChI is InChI=1S/C20H23NO3/c1-4-23-18-12-10-16(14-19(18)24-5-2)11-13-20(22)21-17-9-7-6-8-15(17)3/h6-14H,4-5H2,1-3H3,(H,21,22). The van der Waals surface area contributed by atoms with Crippen molar-refractivity contribution in [3.63, 3.8) is 0 Å². The molecule has 0 spiro atoms. The number of aryl methyl sites for hydroxylation is 1. The molecular weight excluding hydrogens is 302 g/mol. The van der Waals surface area contributed by atoms with Crippen LogP contribution in [0.2, 0.25) is 0 Å². The molecule has 2 aromatic rings. The molecule has 0 aliphatic heterocycles. The fourth-order valence-corrected chi connectivity index (χ4v) is 2.23. The number of carbonyl (C=O) groups is 1. The van der Waals surface area contributed by atoms with Crippen LogP contribution in [0, 0.1) is 6.92 Å². The molecule has 0 aliphatic carbocycles. The monoisotopic (exact) mass is 325 g/mol. The fourth-order valence-electron chi connectivity index (χ4n) is 2.23. The van der Waals surface area contributed by atoms with Gasteiger partial charge in [-0.1, -0.05) is 24.3 Å². The van der Waals surface area contributed by atoms with Crippen LogP contribution < -0.4 is 14.8 Å². The molecule has 4 nitrogen and oxygen atoms in total. The van der Waals surface area contributed by atoms with Crippen molar-refractivity contribution in [1.82, 2.24) is 0 Å². The van der Waals surface area contributed by atoms with Crippen LogP contribution >= 0.6 is 0 Å². The van der Waals surface area contributed by atoms with E-state index in [1.165, 1.54) is 6.08 Å². The van der Waals surface area contributed by atoms with Crippen molar-refractivity contribution < 1.29 is 14.3 Å². The average molecular weight is 325 g/mol. The first-order valence-electron chi connectivity index (χ1n) is 8.08. The lowest BCUT2D eigenvalue weighted by atomic mass is 10.1. The van der Waals surface area contributed by atoms with Crippen LogP contribution in [0.15, 0.2) is 48.5 Å². The molecule has 0 bridgehead atoms. The Kier molecular flexibility index (Phi) is 6.43. The predicted octanol–water partition coefficient (Wildman–Crippen LogP) is 4.44. The highest BCUT2D eigenvalue weighted by molar-refractivity contribution is 6.02. The van der Waals surface area contributed by atoms with E-state index < -0.39 is 0 Å². The maximum absolute atomic E-state index is 12.1. The zero-order chi connectivity index (χ0) is 17.4. The highest BCUT2D eigenvalue weighted by Crippen LogP contribution is 2.29. The van der Waals surface area contributed by atoms with Crippen LogP contribution in [0.25, 0.3) is 6.08 Å². The molecule has 0 aromatic heterocycles. The summed E-state index contributed by atoms with van der Waals surface area (Å²) < 4.78 is 11.1. The minimum absolute atomic E-state index is 0.170. The summed E-state index contributed by atoms with van der Waals surface area (Å²) in [5, 5.41) is 2.87.